The Morgan fingerprint density at radius 1 is 1.41 bits per heavy atom. The molecule has 1 aromatic rings. The Balaban J connectivity index is 1.85. The van der Waals surface area contributed by atoms with Crippen LogP contribution in [0.25, 0.3) is 0 Å². The fourth-order valence-electron chi connectivity index (χ4n) is 2.76. The van der Waals surface area contributed by atoms with E-state index in [-0.39, 0.29) is 6.10 Å². The van der Waals surface area contributed by atoms with E-state index in [9.17, 15) is 5.11 Å². The predicted octanol–water partition coefficient (Wildman–Crippen LogP) is 2.63. The van der Waals surface area contributed by atoms with Crippen LogP contribution in [0.15, 0.2) is 12.4 Å². The topological polar surface area (TPSA) is 38.0 Å². The summed E-state index contributed by atoms with van der Waals surface area (Å²) in [5.74, 6) is 1.34. The first kappa shape index (κ1) is 12.6. The van der Waals surface area contributed by atoms with Crippen LogP contribution in [-0.2, 0) is 13.0 Å². The second-order valence-electron chi connectivity index (χ2n) is 5.50. The van der Waals surface area contributed by atoms with Crippen LogP contribution >= 0.6 is 0 Å². The van der Waals surface area contributed by atoms with Gasteiger partial charge >= 0.3 is 0 Å². The van der Waals surface area contributed by atoms with Crippen LogP contribution in [0.4, 0.5) is 0 Å². The predicted molar refractivity (Wildman–Crippen MR) is 68.7 cm³/mol. The normalized spacial score (nSPS) is 27.0. The maximum atomic E-state index is 10.3. The quantitative estimate of drug-likeness (QED) is 0.872. The Hall–Kier alpha value is -0.830. The van der Waals surface area contributed by atoms with Gasteiger partial charge in [-0.3, -0.25) is 4.68 Å². The molecule has 3 heteroatoms. The van der Waals surface area contributed by atoms with Crippen molar-refractivity contribution in [3.8, 4) is 0 Å². The molecule has 0 saturated heterocycles. The van der Waals surface area contributed by atoms with Crippen molar-refractivity contribution in [1.82, 2.24) is 9.78 Å². The summed E-state index contributed by atoms with van der Waals surface area (Å²) in [6.45, 7) is 5.29. The molecule has 1 aliphatic rings. The Bertz CT molecular complexity index is 340. The third kappa shape index (κ3) is 3.32. The van der Waals surface area contributed by atoms with E-state index >= 15 is 0 Å². The second kappa shape index (κ2) is 5.67. The zero-order valence-corrected chi connectivity index (χ0v) is 11.0. The van der Waals surface area contributed by atoms with Gasteiger partial charge < -0.3 is 5.11 Å². The van der Waals surface area contributed by atoms with Crippen molar-refractivity contribution in [2.45, 2.75) is 58.6 Å². The molecule has 0 aliphatic heterocycles. The van der Waals surface area contributed by atoms with E-state index in [1.165, 1.54) is 25.7 Å². The molecule has 0 amide bonds. The highest BCUT2D eigenvalue weighted by Crippen LogP contribution is 2.31. The molecule has 2 rings (SSSR count). The lowest BCUT2D eigenvalue weighted by Crippen LogP contribution is -2.26. The minimum Gasteiger partial charge on any atom is -0.392 e. The molecular formula is C14H24N2O. The average molecular weight is 236 g/mol. The summed E-state index contributed by atoms with van der Waals surface area (Å²) in [5.41, 5.74) is 1.16. The molecule has 96 valence electrons. The lowest BCUT2D eigenvalue weighted by molar-refractivity contribution is 0.0760. The van der Waals surface area contributed by atoms with Gasteiger partial charge in [-0.25, -0.2) is 0 Å². The van der Waals surface area contributed by atoms with Gasteiger partial charge in [0.15, 0.2) is 0 Å². The highest BCUT2D eigenvalue weighted by molar-refractivity contribution is 5.06. The van der Waals surface area contributed by atoms with Gasteiger partial charge in [0.1, 0.15) is 0 Å². The molecule has 0 bridgehead atoms. The van der Waals surface area contributed by atoms with Crippen molar-refractivity contribution in [3.63, 3.8) is 0 Å². The van der Waals surface area contributed by atoms with Gasteiger partial charge in [-0.05, 0) is 37.2 Å². The Labute approximate surface area is 104 Å². The van der Waals surface area contributed by atoms with E-state index in [0.717, 1.165) is 24.4 Å². The first-order valence-corrected chi connectivity index (χ1v) is 6.88. The molecule has 1 atom stereocenters. The van der Waals surface area contributed by atoms with E-state index in [1.807, 2.05) is 10.9 Å². The third-order valence-corrected chi connectivity index (χ3v) is 4.06. The first-order valence-electron chi connectivity index (χ1n) is 6.88. The number of aliphatic hydroxyl groups excluding tert-OH is 1. The summed E-state index contributed by atoms with van der Waals surface area (Å²) in [7, 11) is 0. The summed E-state index contributed by atoms with van der Waals surface area (Å²) >= 11 is 0. The standard InChI is InChI=1S/C14H24N2O/c1-3-16-10-12(9-15-16)8-14(17)13-6-4-11(2)5-7-13/h9-11,13-14,17H,3-8H2,1-2H3. The number of aryl methyl sites for hydroxylation is 1. The Morgan fingerprint density at radius 2 is 2.12 bits per heavy atom. The Kier molecular flexibility index (Phi) is 4.21. The molecule has 1 unspecified atom stereocenters. The summed E-state index contributed by atoms with van der Waals surface area (Å²) in [5, 5.41) is 14.5. The second-order valence-corrected chi connectivity index (χ2v) is 5.50. The van der Waals surface area contributed by atoms with Crippen LogP contribution in [0, 0.1) is 11.8 Å². The average Bonchev–Trinajstić information content (AvgIpc) is 2.77. The van der Waals surface area contributed by atoms with E-state index in [4.69, 9.17) is 0 Å². The number of aliphatic hydroxyl groups is 1. The highest BCUT2D eigenvalue weighted by atomic mass is 16.3. The fraction of sp³-hybridized carbons (Fsp3) is 0.786. The van der Waals surface area contributed by atoms with E-state index in [1.54, 1.807) is 0 Å². The van der Waals surface area contributed by atoms with Gasteiger partial charge in [-0.15, -0.1) is 0 Å². The molecule has 17 heavy (non-hydrogen) atoms. The first-order chi connectivity index (χ1) is 8.19. The molecule has 0 radical (unpaired) electrons. The lowest BCUT2D eigenvalue weighted by atomic mass is 9.79. The number of nitrogens with zero attached hydrogens (tertiary/aromatic N) is 2. The Morgan fingerprint density at radius 3 is 2.71 bits per heavy atom. The summed E-state index contributed by atoms with van der Waals surface area (Å²) in [4.78, 5) is 0. The molecule has 1 aliphatic carbocycles. The number of hydrogen-bond acceptors (Lipinski definition) is 2. The van der Waals surface area contributed by atoms with E-state index in [2.05, 4.69) is 25.1 Å². The minimum absolute atomic E-state index is 0.183. The number of aromatic nitrogens is 2. The highest BCUT2D eigenvalue weighted by Gasteiger charge is 2.24. The molecule has 1 heterocycles. The summed E-state index contributed by atoms with van der Waals surface area (Å²) in [6, 6.07) is 0. The van der Waals surface area contributed by atoms with Crippen LogP contribution < -0.4 is 0 Å². The van der Waals surface area contributed by atoms with Crippen molar-refractivity contribution in [2.24, 2.45) is 11.8 Å². The largest absolute Gasteiger partial charge is 0.392 e. The number of rotatable bonds is 4. The van der Waals surface area contributed by atoms with Gasteiger partial charge in [0.25, 0.3) is 0 Å². The third-order valence-electron chi connectivity index (χ3n) is 4.06. The van der Waals surface area contributed by atoms with E-state index in [0.29, 0.717) is 5.92 Å². The van der Waals surface area contributed by atoms with Crippen molar-refractivity contribution < 1.29 is 5.11 Å². The smallest absolute Gasteiger partial charge is 0.0609 e. The number of hydrogen-bond donors (Lipinski definition) is 1. The van der Waals surface area contributed by atoms with Crippen molar-refractivity contribution >= 4 is 0 Å². The molecule has 0 spiro atoms. The van der Waals surface area contributed by atoms with E-state index < -0.39 is 0 Å². The van der Waals surface area contributed by atoms with Gasteiger partial charge in [0, 0.05) is 19.2 Å². The fourth-order valence-corrected chi connectivity index (χ4v) is 2.76. The van der Waals surface area contributed by atoms with Crippen LogP contribution in [0.5, 0.6) is 0 Å². The SMILES string of the molecule is CCn1cc(CC(O)C2CCC(C)CC2)cn1. The monoisotopic (exact) mass is 236 g/mol. The molecule has 1 saturated carbocycles. The molecule has 1 aromatic heterocycles. The summed E-state index contributed by atoms with van der Waals surface area (Å²) < 4.78 is 1.92. The van der Waals surface area contributed by atoms with Crippen molar-refractivity contribution in [3.05, 3.63) is 18.0 Å². The molecule has 0 aromatic carbocycles. The minimum atomic E-state index is -0.183. The van der Waals surface area contributed by atoms with Gasteiger partial charge in [0.2, 0.25) is 0 Å². The maximum Gasteiger partial charge on any atom is 0.0609 e. The molecular weight excluding hydrogens is 212 g/mol. The van der Waals surface area contributed by atoms with Crippen LogP contribution in [0.3, 0.4) is 0 Å². The van der Waals surface area contributed by atoms with Crippen LogP contribution in [0.2, 0.25) is 0 Å². The molecule has 1 N–H and O–H groups in total. The van der Waals surface area contributed by atoms with Crippen molar-refractivity contribution in [1.29, 1.82) is 0 Å². The van der Waals surface area contributed by atoms with Gasteiger partial charge in [0.05, 0.1) is 12.3 Å². The summed E-state index contributed by atoms with van der Waals surface area (Å²) in [6.07, 6.45) is 9.43. The molecule has 1 fully saturated rings. The lowest BCUT2D eigenvalue weighted by Gasteiger charge is -2.29. The molecule has 3 nitrogen and oxygen atoms in total. The zero-order chi connectivity index (χ0) is 12.3. The van der Waals surface area contributed by atoms with Gasteiger partial charge in [-0.2, -0.15) is 5.10 Å². The maximum absolute atomic E-state index is 10.3. The van der Waals surface area contributed by atoms with Gasteiger partial charge in [-0.1, -0.05) is 19.8 Å². The van der Waals surface area contributed by atoms with Crippen molar-refractivity contribution in [2.75, 3.05) is 0 Å². The van der Waals surface area contributed by atoms with Crippen LogP contribution in [0.1, 0.15) is 45.1 Å². The van der Waals surface area contributed by atoms with Crippen LogP contribution in [-0.4, -0.2) is 21.0 Å². The zero-order valence-electron chi connectivity index (χ0n) is 11.0.